The molecule has 1 aromatic carbocycles. The van der Waals surface area contributed by atoms with Crippen LogP contribution in [0.3, 0.4) is 0 Å². The van der Waals surface area contributed by atoms with Crippen LogP contribution in [-0.4, -0.2) is 36.9 Å². The van der Waals surface area contributed by atoms with Gasteiger partial charge in [0.15, 0.2) is 5.84 Å². The van der Waals surface area contributed by atoms with Crippen LogP contribution < -0.4 is 10.5 Å². The van der Waals surface area contributed by atoms with Crippen LogP contribution in [0.4, 0.5) is 5.69 Å². The number of hydrogen-bond donors (Lipinski definition) is 3. The normalized spacial score (nSPS) is 13.0. The molecule has 0 aliphatic carbocycles. The molecule has 0 aliphatic rings. The fraction of sp³-hybridized carbons (Fsp3) is 0.364. The Hall–Kier alpha value is -1.51. The molecule has 0 amide bonds. The van der Waals surface area contributed by atoms with Crippen LogP contribution in [0.25, 0.3) is 0 Å². The van der Waals surface area contributed by atoms with Crippen molar-refractivity contribution in [3.05, 3.63) is 28.8 Å². The first-order chi connectivity index (χ1) is 9.19. The number of nitrogens with zero attached hydrogens (tertiary/aromatic N) is 2. The molecule has 7 nitrogen and oxygen atoms in total. The van der Waals surface area contributed by atoms with Crippen molar-refractivity contribution in [2.24, 2.45) is 10.9 Å². The molecule has 1 aromatic rings. The molecule has 0 bridgehead atoms. The zero-order valence-corrected chi connectivity index (χ0v) is 12.9. The van der Waals surface area contributed by atoms with Crippen LogP contribution in [0, 0.1) is 0 Å². The van der Waals surface area contributed by atoms with E-state index < -0.39 is 10.2 Å². The second kappa shape index (κ2) is 6.29. The van der Waals surface area contributed by atoms with Crippen LogP contribution in [-0.2, 0) is 10.2 Å². The highest BCUT2D eigenvalue weighted by atomic mass is 35.5. The van der Waals surface area contributed by atoms with Gasteiger partial charge in [-0.2, -0.15) is 12.7 Å². The lowest BCUT2D eigenvalue weighted by Crippen LogP contribution is -2.37. The number of nitrogens with two attached hydrogens (primary N) is 1. The Labute approximate surface area is 123 Å². The summed E-state index contributed by atoms with van der Waals surface area (Å²) in [6.45, 7) is 3.48. The van der Waals surface area contributed by atoms with Gasteiger partial charge in [0.1, 0.15) is 0 Å². The summed E-state index contributed by atoms with van der Waals surface area (Å²) in [5.74, 6) is -0.216. The maximum absolute atomic E-state index is 12.1. The molecule has 1 rings (SSSR count). The molecule has 20 heavy (non-hydrogen) atoms. The molecule has 0 saturated carbocycles. The van der Waals surface area contributed by atoms with Gasteiger partial charge in [0.25, 0.3) is 0 Å². The van der Waals surface area contributed by atoms with Crippen LogP contribution in [0.2, 0.25) is 5.02 Å². The third-order valence-corrected chi connectivity index (χ3v) is 4.60. The Kier molecular flexibility index (Phi) is 5.21. The quantitative estimate of drug-likeness (QED) is 0.330. The van der Waals surface area contributed by atoms with Crippen LogP contribution in [0.5, 0.6) is 0 Å². The maximum atomic E-state index is 12.1. The minimum absolute atomic E-state index is 0.139. The lowest BCUT2D eigenvalue weighted by atomic mass is 10.1. The van der Waals surface area contributed by atoms with E-state index in [0.717, 1.165) is 4.31 Å². The average molecular weight is 321 g/mol. The minimum Gasteiger partial charge on any atom is -0.409 e. The van der Waals surface area contributed by atoms with Crippen molar-refractivity contribution < 1.29 is 13.6 Å². The largest absolute Gasteiger partial charge is 0.409 e. The van der Waals surface area contributed by atoms with E-state index in [0.29, 0.717) is 5.02 Å². The molecule has 0 heterocycles. The average Bonchev–Trinajstić information content (AvgIpc) is 2.36. The molecule has 0 atom stereocenters. The predicted octanol–water partition coefficient (Wildman–Crippen LogP) is 1.43. The standard InChI is InChI=1S/C11H17ClN4O3S/c1-7(2)16(3)20(18,19)15-10-6-8(12)4-5-9(10)11(13)14-17/h4-7,15,17H,1-3H3,(H2,13,14). The predicted molar refractivity (Wildman–Crippen MR) is 79.4 cm³/mol. The molecule has 0 aliphatic heterocycles. The van der Waals surface area contributed by atoms with Crippen LogP contribution in [0.15, 0.2) is 23.4 Å². The summed E-state index contributed by atoms with van der Waals surface area (Å²) in [5.41, 5.74) is 5.88. The van der Waals surface area contributed by atoms with Gasteiger partial charge in [0.2, 0.25) is 0 Å². The molecule has 0 saturated heterocycles. The highest BCUT2D eigenvalue weighted by Gasteiger charge is 2.22. The number of nitrogens with one attached hydrogen (secondary N) is 1. The fourth-order valence-electron chi connectivity index (χ4n) is 1.37. The first-order valence-corrected chi connectivity index (χ1v) is 7.54. The van der Waals surface area contributed by atoms with Crippen molar-refractivity contribution in [3.8, 4) is 0 Å². The SMILES string of the molecule is CC(C)N(C)S(=O)(=O)Nc1cc(Cl)ccc1C(N)=NO. The van der Waals surface area contributed by atoms with Crippen LogP contribution >= 0.6 is 11.6 Å². The minimum atomic E-state index is -3.76. The summed E-state index contributed by atoms with van der Waals surface area (Å²) in [6, 6.07) is 4.14. The molecule has 0 spiro atoms. The molecule has 112 valence electrons. The number of hydrogen-bond acceptors (Lipinski definition) is 4. The molecular weight excluding hydrogens is 304 g/mol. The third kappa shape index (κ3) is 3.75. The van der Waals surface area contributed by atoms with Crippen molar-refractivity contribution in [1.82, 2.24) is 4.31 Å². The Morgan fingerprint density at radius 2 is 2.10 bits per heavy atom. The first-order valence-electron chi connectivity index (χ1n) is 5.72. The molecule has 0 unspecified atom stereocenters. The highest BCUT2D eigenvalue weighted by Crippen LogP contribution is 2.23. The highest BCUT2D eigenvalue weighted by molar-refractivity contribution is 7.90. The van der Waals surface area contributed by atoms with E-state index in [1.165, 1.54) is 25.2 Å². The summed E-state index contributed by atoms with van der Waals surface area (Å²) >= 11 is 5.84. The number of rotatable bonds is 5. The van der Waals surface area contributed by atoms with E-state index in [1.807, 2.05) is 0 Å². The number of halogens is 1. The Bertz CT molecular complexity index is 616. The number of benzene rings is 1. The van der Waals surface area contributed by atoms with Gasteiger partial charge < -0.3 is 10.9 Å². The van der Waals surface area contributed by atoms with Gasteiger partial charge in [-0.1, -0.05) is 16.8 Å². The Balaban J connectivity index is 3.24. The van der Waals surface area contributed by atoms with Crippen LogP contribution in [0.1, 0.15) is 19.4 Å². The molecule has 0 radical (unpaired) electrons. The zero-order valence-electron chi connectivity index (χ0n) is 11.3. The fourth-order valence-corrected chi connectivity index (χ4v) is 2.68. The van der Waals surface area contributed by atoms with Crippen molar-refractivity contribution >= 4 is 33.3 Å². The Morgan fingerprint density at radius 3 is 2.60 bits per heavy atom. The van der Waals surface area contributed by atoms with Crippen molar-refractivity contribution in [2.45, 2.75) is 19.9 Å². The first kappa shape index (κ1) is 16.5. The van der Waals surface area contributed by atoms with E-state index in [9.17, 15) is 8.42 Å². The molecule has 0 aromatic heterocycles. The van der Waals surface area contributed by atoms with Gasteiger partial charge >= 0.3 is 10.2 Å². The van der Waals surface area contributed by atoms with Crippen molar-refractivity contribution in [2.75, 3.05) is 11.8 Å². The van der Waals surface area contributed by atoms with Gasteiger partial charge in [-0.25, -0.2) is 0 Å². The second-order valence-corrected chi connectivity index (χ2v) is 6.56. The molecule has 9 heteroatoms. The summed E-state index contributed by atoms with van der Waals surface area (Å²) in [4.78, 5) is 0. The number of oxime groups is 1. The Morgan fingerprint density at radius 1 is 1.50 bits per heavy atom. The van der Waals surface area contributed by atoms with E-state index in [2.05, 4.69) is 9.88 Å². The molecule has 0 fully saturated rings. The smallest absolute Gasteiger partial charge is 0.301 e. The number of anilines is 1. The lowest BCUT2D eigenvalue weighted by molar-refractivity contribution is 0.318. The summed E-state index contributed by atoms with van der Waals surface area (Å²) in [6.07, 6.45) is 0. The van der Waals surface area contributed by atoms with Gasteiger partial charge in [0.05, 0.1) is 5.69 Å². The summed E-state index contributed by atoms with van der Waals surface area (Å²) in [5, 5.41) is 11.9. The van der Waals surface area contributed by atoms with E-state index in [1.54, 1.807) is 13.8 Å². The van der Waals surface area contributed by atoms with Crippen molar-refractivity contribution in [1.29, 1.82) is 0 Å². The van der Waals surface area contributed by atoms with Gasteiger partial charge in [-0.15, -0.1) is 0 Å². The lowest BCUT2D eigenvalue weighted by Gasteiger charge is -2.22. The third-order valence-electron chi connectivity index (χ3n) is 2.71. The molecule has 4 N–H and O–H groups in total. The monoisotopic (exact) mass is 320 g/mol. The van der Waals surface area contributed by atoms with E-state index >= 15 is 0 Å². The summed E-state index contributed by atoms with van der Waals surface area (Å²) in [7, 11) is -2.32. The van der Waals surface area contributed by atoms with Gasteiger partial charge in [-0.05, 0) is 32.0 Å². The second-order valence-electron chi connectivity index (χ2n) is 4.39. The summed E-state index contributed by atoms with van der Waals surface area (Å²) < 4.78 is 27.8. The van der Waals surface area contributed by atoms with Gasteiger partial charge in [0, 0.05) is 23.7 Å². The van der Waals surface area contributed by atoms with Gasteiger partial charge in [-0.3, -0.25) is 4.72 Å². The van der Waals surface area contributed by atoms with Crippen molar-refractivity contribution in [3.63, 3.8) is 0 Å². The maximum Gasteiger partial charge on any atom is 0.301 e. The molecular formula is C11H17ClN4O3S. The van der Waals surface area contributed by atoms with E-state index in [4.69, 9.17) is 22.5 Å². The topological polar surface area (TPSA) is 108 Å². The van der Waals surface area contributed by atoms with E-state index in [-0.39, 0.29) is 23.1 Å². The number of amidine groups is 1. The zero-order chi connectivity index (χ0) is 15.5.